The zero-order valence-corrected chi connectivity index (χ0v) is 32.3. The van der Waals surface area contributed by atoms with E-state index in [9.17, 15) is 0 Å². The van der Waals surface area contributed by atoms with Gasteiger partial charge in [-0.05, 0) is 34.4 Å². The van der Waals surface area contributed by atoms with E-state index in [4.69, 9.17) is 34.9 Å². The Kier molecular flexibility index (Phi) is 9.79. The molecule has 0 saturated heterocycles. The Morgan fingerprint density at radius 2 is 0.533 bits per heavy atom. The van der Waals surface area contributed by atoms with Crippen molar-refractivity contribution in [3.63, 3.8) is 0 Å². The molecule has 0 amide bonds. The molecular weight excluding hydrogens is 735 g/mol. The van der Waals surface area contributed by atoms with Gasteiger partial charge in [-0.25, -0.2) is 29.9 Å². The summed E-state index contributed by atoms with van der Waals surface area (Å²) in [6.07, 6.45) is 1.83. The van der Waals surface area contributed by atoms with Gasteiger partial charge in [-0.3, -0.25) is 4.98 Å². The molecule has 0 unspecified atom stereocenters. The molecule has 7 nitrogen and oxygen atoms in total. The molecular formula is C53H35N7. The lowest BCUT2D eigenvalue weighted by molar-refractivity contribution is 1.07. The molecule has 0 atom stereocenters. The van der Waals surface area contributed by atoms with Crippen LogP contribution in [0.2, 0.25) is 0 Å². The molecule has 10 aromatic rings. The Bertz CT molecular complexity index is 2920. The molecule has 7 aromatic carbocycles. The summed E-state index contributed by atoms with van der Waals surface area (Å²) in [4.78, 5) is 34.4. The summed E-state index contributed by atoms with van der Waals surface area (Å²) in [6, 6.07) is 69.4. The highest BCUT2D eigenvalue weighted by Crippen LogP contribution is 2.41. The smallest absolute Gasteiger partial charge is 0.164 e. The Morgan fingerprint density at radius 3 is 0.900 bits per heavy atom. The molecule has 0 saturated carbocycles. The molecule has 60 heavy (non-hydrogen) atoms. The fraction of sp³-hybridized carbons (Fsp3) is 0. The van der Waals surface area contributed by atoms with Crippen molar-refractivity contribution < 1.29 is 0 Å². The normalized spacial score (nSPS) is 11.0. The maximum Gasteiger partial charge on any atom is 0.164 e. The number of nitrogens with zero attached hydrogens (tertiary/aromatic N) is 7. The van der Waals surface area contributed by atoms with Crippen LogP contribution < -0.4 is 0 Å². The third kappa shape index (κ3) is 7.46. The van der Waals surface area contributed by atoms with E-state index in [2.05, 4.69) is 72.8 Å². The monoisotopic (exact) mass is 769 g/mol. The molecule has 3 heterocycles. The zero-order valence-electron chi connectivity index (χ0n) is 32.3. The number of hydrogen-bond acceptors (Lipinski definition) is 7. The van der Waals surface area contributed by atoms with E-state index in [0.717, 1.165) is 66.9 Å². The fourth-order valence-electron chi connectivity index (χ4n) is 7.30. The van der Waals surface area contributed by atoms with Crippen LogP contribution in [0, 0.1) is 0 Å². The molecule has 0 spiro atoms. The number of pyridine rings is 1. The predicted molar refractivity (Wildman–Crippen MR) is 240 cm³/mol. The molecule has 7 heteroatoms. The van der Waals surface area contributed by atoms with Crippen LogP contribution in [0.5, 0.6) is 0 Å². The molecule has 282 valence electrons. The van der Waals surface area contributed by atoms with Gasteiger partial charge in [0, 0.05) is 45.1 Å². The van der Waals surface area contributed by atoms with Gasteiger partial charge < -0.3 is 0 Å². The van der Waals surface area contributed by atoms with Gasteiger partial charge in [-0.15, -0.1) is 0 Å². The highest BCUT2D eigenvalue weighted by atomic mass is 15.0. The number of aromatic nitrogens is 7. The molecule has 0 bridgehead atoms. The summed E-state index contributed by atoms with van der Waals surface area (Å²) >= 11 is 0. The molecule has 0 aliphatic rings. The minimum atomic E-state index is 0.604. The van der Waals surface area contributed by atoms with Crippen LogP contribution in [0.25, 0.3) is 102 Å². The first kappa shape index (κ1) is 36.1. The topological polar surface area (TPSA) is 90.2 Å². The van der Waals surface area contributed by atoms with E-state index >= 15 is 0 Å². The third-order valence-electron chi connectivity index (χ3n) is 10.3. The summed E-state index contributed by atoms with van der Waals surface area (Å²) in [5, 5.41) is 0. The second kappa shape index (κ2) is 16.3. The van der Waals surface area contributed by atoms with Gasteiger partial charge in [-0.1, -0.05) is 194 Å². The number of hydrogen-bond donors (Lipinski definition) is 0. The average molecular weight is 770 g/mol. The first-order chi connectivity index (χ1) is 29.7. The first-order valence-electron chi connectivity index (χ1n) is 19.7. The molecule has 0 aliphatic carbocycles. The maximum atomic E-state index is 4.96. The zero-order chi connectivity index (χ0) is 40.1. The van der Waals surface area contributed by atoms with Crippen molar-refractivity contribution in [2.24, 2.45) is 0 Å². The van der Waals surface area contributed by atoms with Crippen molar-refractivity contribution in [1.82, 2.24) is 34.9 Å². The molecule has 0 fully saturated rings. The predicted octanol–water partition coefficient (Wildman–Crippen LogP) is 12.5. The summed E-state index contributed by atoms with van der Waals surface area (Å²) < 4.78 is 0. The molecule has 3 aromatic heterocycles. The van der Waals surface area contributed by atoms with Crippen molar-refractivity contribution in [3.05, 3.63) is 212 Å². The largest absolute Gasteiger partial charge is 0.256 e. The van der Waals surface area contributed by atoms with Crippen molar-refractivity contribution in [3.8, 4) is 102 Å². The average Bonchev–Trinajstić information content (AvgIpc) is 3.35. The first-order valence-corrected chi connectivity index (χ1v) is 19.7. The summed E-state index contributed by atoms with van der Waals surface area (Å²) in [5.74, 6) is 3.71. The third-order valence-corrected chi connectivity index (χ3v) is 10.3. The van der Waals surface area contributed by atoms with Crippen LogP contribution in [0.15, 0.2) is 212 Å². The van der Waals surface area contributed by atoms with E-state index in [1.807, 2.05) is 140 Å². The van der Waals surface area contributed by atoms with Crippen molar-refractivity contribution in [2.45, 2.75) is 0 Å². The Balaban J connectivity index is 1.05. The van der Waals surface area contributed by atoms with Gasteiger partial charge in [0.2, 0.25) is 0 Å². The standard InChI is InChI=1S/C53H35N7/c1-5-16-38(17-6-1)48-55-49(39-18-7-2-8-19-39)58-52(57-48)42-31-27-36(28-32-42)44-24-15-25-45(46-26-13-14-35-54-46)47(44)37-29-33-43(34-30-37)53-59-50(40-20-9-3-10-21-40)56-51(60-53)41-22-11-4-12-23-41/h1-35H. The van der Waals surface area contributed by atoms with E-state index in [1.165, 1.54) is 0 Å². The quantitative estimate of drug-likeness (QED) is 0.144. The molecule has 0 aliphatic heterocycles. The lowest BCUT2D eigenvalue weighted by atomic mass is 9.88. The molecule has 0 radical (unpaired) electrons. The van der Waals surface area contributed by atoms with Gasteiger partial charge in [0.25, 0.3) is 0 Å². The van der Waals surface area contributed by atoms with E-state index in [-0.39, 0.29) is 0 Å². The summed E-state index contributed by atoms with van der Waals surface area (Å²) in [5.41, 5.74) is 11.6. The second-order valence-electron chi connectivity index (χ2n) is 14.2. The highest BCUT2D eigenvalue weighted by Gasteiger charge is 2.18. The SMILES string of the molecule is c1ccc(-c2nc(-c3ccccc3)nc(-c3ccc(-c4cccc(-c5ccccn5)c4-c4ccc(-c5nc(-c6ccccc6)nc(-c6ccccc6)n5)cc4)cc3)n2)cc1. The van der Waals surface area contributed by atoms with E-state index in [0.29, 0.717) is 34.9 Å². The van der Waals surface area contributed by atoms with Gasteiger partial charge in [0.15, 0.2) is 34.9 Å². The second-order valence-corrected chi connectivity index (χ2v) is 14.2. The lowest BCUT2D eigenvalue weighted by Crippen LogP contribution is -2.00. The summed E-state index contributed by atoms with van der Waals surface area (Å²) in [6.45, 7) is 0. The molecule has 0 N–H and O–H groups in total. The minimum absolute atomic E-state index is 0.604. The van der Waals surface area contributed by atoms with Gasteiger partial charge in [-0.2, -0.15) is 0 Å². The van der Waals surface area contributed by atoms with E-state index in [1.54, 1.807) is 0 Å². The van der Waals surface area contributed by atoms with Crippen LogP contribution >= 0.6 is 0 Å². The van der Waals surface area contributed by atoms with Crippen LogP contribution in [-0.4, -0.2) is 34.9 Å². The van der Waals surface area contributed by atoms with Crippen molar-refractivity contribution in [1.29, 1.82) is 0 Å². The fourth-order valence-corrected chi connectivity index (χ4v) is 7.30. The van der Waals surface area contributed by atoms with Crippen molar-refractivity contribution >= 4 is 0 Å². The van der Waals surface area contributed by atoms with Crippen molar-refractivity contribution in [2.75, 3.05) is 0 Å². The molecule has 10 rings (SSSR count). The lowest BCUT2D eigenvalue weighted by Gasteiger charge is -2.16. The summed E-state index contributed by atoms with van der Waals surface area (Å²) in [7, 11) is 0. The van der Waals surface area contributed by atoms with Gasteiger partial charge >= 0.3 is 0 Å². The maximum absolute atomic E-state index is 4.96. The Hall–Kier alpha value is -8.29. The highest BCUT2D eigenvalue weighted by molar-refractivity contribution is 5.94. The van der Waals surface area contributed by atoms with Gasteiger partial charge in [0.05, 0.1) is 5.69 Å². The Morgan fingerprint density at radius 1 is 0.217 bits per heavy atom. The van der Waals surface area contributed by atoms with Crippen LogP contribution in [-0.2, 0) is 0 Å². The minimum Gasteiger partial charge on any atom is -0.256 e. The Labute approximate surface area is 347 Å². The van der Waals surface area contributed by atoms with Gasteiger partial charge in [0.1, 0.15) is 0 Å². The number of benzene rings is 7. The van der Waals surface area contributed by atoms with E-state index < -0.39 is 0 Å². The van der Waals surface area contributed by atoms with Crippen LogP contribution in [0.4, 0.5) is 0 Å². The number of rotatable bonds is 9. The van der Waals surface area contributed by atoms with Crippen LogP contribution in [0.3, 0.4) is 0 Å². The van der Waals surface area contributed by atoms with Crippen LogP contribution in [0.1, 0.15) is 0 Å².